The molecule has 1 atom stereocenters. The molecule has 5 heteroatoms. The molecule has 1 unspecified atom stereocenters. The van der Waals surface area contributed by atoms with E-state index in [-0.39, 0.29) is 5.91 Å². The Hall–Kier alpha value is -1.72. The van der Waals surface area contributed by atoms with Gasteiger partial charge in [0.05, 0.1) is 18.3 Å². The minimum Gasteiger partial charge on any atom is -0.349 e. The highest BCUT2D eigenvalue weighted by molar-refractivity contribution is 7.13. The molecule has 0 aliphatic heterocycles. The van der Waals surface area contributed by atoms with Crippen molar-refractivity contribution in [1.82, 2.24) is 10.3 Å². The van der Waals surface area contributed by atoms with E-state index >= 15 is 0 Å². The van der Waals surface area contributed by atoms with Crippen LogP contribution in [-0.2, 0) is 11.3 Å². The largest absolute Gasteiger partial charge is 0.349 e. The summed E-state index contributed by atoms with van der Waals surface area (Å²) in [6, 6.07) is 9.58. The first kappa shape index (κ1) is 14.7. The zero-order valence-corrected chi connectivity index (χ0v) is 12.3. The van der Waals surface area contributed by atoms with Crippen molar-refractivity contribution in [2.24, 2.45) is 5.73 Å². The molecule has 0 bridgehead atoms. The quantitative estimate of drug-likeness (QED) is 0.858. The molecule has 0 fully saturated rings. The van der Waals surface area contributed by atoms with Crippen LogP contribution in [0.25, 0.3) is 10.6 Å². The van der Waals surface area contributed by atoms with E-state index in [1.807, 2.05) is 42.6 Å². The summed E-state index contributed by atoms with van der Waals surface area (Å²) in [5.41, 5.74) is 7.72. The first-order chi connectivity index (χ1) is 9.70. The topological polar surface area (TPSA) is 68.0 Å². The molecule has 1 heterocycles. The van der Waals surface area contributed by atoms with Crippen molar-refractivity contribution in [1.29, 1.82) is 0 Å². The van der Waals surface area contributed by atoms with E-state index in [1.54, 1.807) is 11.3 Å². The first-order valence-electron chi connectivity index (χ1n) is 6.73. The smallest absolute Gasteiger partial charge is 0.237 e. The molecule has 0 spiro atoms. The van der Waals surface area contributed by atoms with Crippen LogP contribution < -0.4 is 11.1 Å². The van der Waals surface area contributed by atoms with Crippen molar-refractivity contribution in [3.05, 3.63) is 41.4 Å². The number of hydrogen-bond acceptors (Lipinski definition) is 4. The average molecular weight is 289 g/mol. The molecule has 1 aromatic heterocycles. The summed E-state index contributed by atoms with van der Waals surface area (Å²) in [4.78, 5) is 16.2. The monoisotopic (exact) mass is 289 g/mol. The highest BCUT2D eigenvalue weighted by Crippen LogP contribution is 2.23. The predicted molar refractivity (Wildman–Crippen MR) is 82.3 cm³/mol. The Bertz CT molecular complexity index is 553. The third-order valence-corrected chi connectivity index (χ3v) is 3.89. The van der Waals surface area contributed by atoms with Crippen LogP contribution >= 0.6 is 11.3 Å². The lowest BCUT2D eigenvalue weighted by atomic mass is 10.2. The minimum atomic E-state index is -0.424. The Morgan fingerprint density at radius 3 is 2.85 bits per heavy atom. The fourth-order valence-electron chi connectivity index (χ4n) is 1.85. The number of nitrogens with zero attached hydrogens (tertiary/aromatic N) is 1. The van der Waals surface area contributed by atoms with E-state index in [1.165, 1.54) is 0 Å². The van der Waals surface area contributed by atoms with Crippen LogP contribution in [0.4, 0.5) is 0 Å². The second-order valence-electron chi connectivity index (χ2n) is 4.62. The number of carbonyl (C=O) groups excluding carboxylic acids is 1. The predicted octanol–water partition coefficient (Wildman–Crippen LogP) is 2.55. The second-order valence-corrected chi connectivity index (χ2v) is 5.48. The van der Waals surface area contributed by atoms with Gasteiger partial charge in [0.1, 0.15) is 5.01 Å². The fraction of sp³-hybridized carbons (Fsp3) is 0.333. The molecule has 2 aromatic rings. The van der Waals surface area contributed by atoms with Crippen LogP contribution in [0.2, 0.25) is 0 Å². The maximum Gasteiger partial charge on any atom is 0.237 e. The van der Waals surface area contributed by atoms with E-state index in [0.717, 1.165) is 22.7 Å². The third-order valence-electron chi connectivity index (χ3n) is 2.95. The van der Waals surface area contributed by atoms with Crippen molar-refractivity contribution in [3.63, 3.8) is 0 Å². The number of aromatic nitrogens is 1. The Kier molecular flexibility index (Phi) is 5.26. The molecule has 1 aromatic carbocycles. The van der Waals surface area contributed by atoms with Crippen molar-refractivity contribution in [2.75, 3.05) is 0 Å². The van der Waals surface area contributed by atoms with Gasteiger partial charge in [-0.25, -0.2) is 4.98 Å². The van der Waals surface area contributed by atoms with E-state index in [9.17, 15) is 4.79 Å². The lowest BCUT2D eigenvalue weighted by Crippen LogP contribution is -2.40. The number of nitrogens with two attached hydrogens (primary N) is 1. The normalized spacial score (nSPS) is 12.1. The van der Waals surface area contributed by atoms with E-state index in [0.29, 0.717) is 13.0 Å². The van der Waals surface area contributed by atoms with Gasteiger partial charge in [-0.2, -0.15) is 0 Å². The van der Waals surface area contributed by atoms with Gasteiger partial charge in [-0.1, -0.05) is 43.7 Å². The van der Waals surface area contributed by atoms with Crippen molar-refractivity contribution < 1.29 is 4.79 Å². The molecule has 0 saturated carbocycles. The van der Waals surface area contributed by atoms with Crippen LogP contribution in [0.5, 0.6) is 0 Å². The molecule has 106 valence electrons. The van der Waals surface area contributed by atoms with Gasteiger partial charge >= 0.3 is 0 Å². The third kappa shape index (κ3) is 3.88. The number of amides is 1. The van der Waals surface area contributed by atoms with Crippen LogP contribution in [-0.4, -0.2) is 16.9 Å². The summed E-state index contributed by atoms with van der Waals surface area (Å²) in [6.07, 6.45) is 1.61. The molecular weight excluding hydrogens is 270 g/mol. The maximum atomic E-state index is 11.7. The molecule has 0 aliphatic carbocycles. The van der Waals surface area contributed by atoms with Gasteiger partial charge in [-0.3, -0.25) is 4.79 Å². The number of hydrogen-bond donors (Lipinski definition) is 2. The van der Waals surface area contributed by atoms with E-state index in [4.69, 9.17) is 5.73 Å². The molecule has 0 radical (unpaired) electrons. The number of carbonyl (C=O) groups is 1. The SMILES string of the molecule is CCCC(N)C(=O)NCc1csc(-c2ccccc2)n1. The van der Waals surface area contributed by atoms with Gasteiger partial charge in [0, 0.05) is 10.9 Å². The van der Waals surface area contributed by atoms with Gasteiger partial charge in [0.25, 0.3) is 0 Å². The van der Waals surface area contributed by atoms with Crippen molar-refractivity contribution in [2.45, 2.75) is 32.4 Å². The number of benzene rings is 1. The van der Waals surface area contributed by atoms with Gasteiger partial charge in [-0.05, 0) is 6.42 Å². The summed E-state index contributed by atoms with van der Waals surface area (Å²) in [5.74, 6) is -0.110. The highest BCUT2D eigenvalue weighted by Gasteiger charge is 2.12. The molecule has 0 aliphatic rings. The zero-order chi connectivity index (χ0) is 14.4. The van der Waals surface area contributed by atoms with Crippen LogP contribution in [0.3, 0.4) is 0 Å². The number of thiazole rings is 1. The average Bonchev–Trinajstić information content (AvgIpc) is 2.95. The molecular formula is C15H19N3OS. The van der Waals surface area contributed by atoms with Crippen LogP contribution in [0, 0.1) is 0 Å². The Balaban J connectivity index is 1.92. The highest BCUT2D eigenvalue weighted by atomic mass is 32.1. The lowest BCUT2D eigenvalue weighted by molar-refractivity contribution is -0.122. The number of rotatable bonds is 6. The van der Waals surface area contributed by atoms with Gasteiger partial charge < -0.3 is 11.1 Å². The summed E-state index contributed by atoms with van der Waals surface area (Å²) in [6.45, 7) is 2.44. The van der Waals surface area contributed by atoms with E-state index < -0.39 is 6.04 Å². The molecule has 3 N–H and O–H groups in total. The zero-order valence-electron chi connectivity index (χ0n) is 11.5. The minimum absolute atomic E-state index is 0.110. The van der Waals surface area contributed by atoms with Crippen molar-refractivity contribution >= 4 is 17.2 Å². The second kappa shape index (κ2) is 7.17. The van der Waals surface area contributed by atoms with E-state index in [2.05, 4.69) is 10.3 Å². The Morgan fingerprint density at radius 1 is 1.40 bits per heavy atom. The molecule has 2 rings (SSSR count). The summed E-state index contributed by atoms with van der Waals surface area (Å²) in [5, 5.41) is 5.76. The summed E-state index contributed by atoms with van der Waals surface area (Å²) in [7, 11) is 0. The van der Waals surface area contributed by atoms with Crippen LogP contribution in [0.15, 0.2) is 35.7 Å². The molecule has 1 amide bonds. The molecule has 0 saturated heterocycles. The fourth-order valence-corrected chi connectivity index (χ4v) is 2.68. The first-order valence-corrected chi connectivity index (χ1v) is 7.61. The van der Waals surface area contributed by atoms with Crippen molar-refractivity contribution in [3.8, 4) is 10.6 Å². The van der Waals surface area contributed by atoms with Gasteiger partial charge in [-0.15, -0.1) is 11.3 Å². The summed E-state index contributed by atoms with van der Waals surface area (Å²) >= 11 is 1.58. The lowest BCUT2D eigenvalue weighted by Gasteiger charge is -2.09. The van der Waals surface area contributed by atoms with Gasteiger partial charge in [0.15, 0.2) is 0 Å². The summed E-state index contributed by atoms with van der Waals surface area (Å²) < 4.78 is 0. The Labute approximate surface area is 123 Å². The number of nitrogens with one attached hydrogen (secondary N) is 1. The molecule has 4 nitrogen and oxygen atoms in total. The molecule has 20 heavy (non-hydrogen) atoms. The standard InChI is InChI=1S/C15H19N3OS/c1-2-6-13(16)14(19)17-9-12-10-20-15(18-12)11-7-4-3-5-8-11/h3-5,7-8,10,13H,2,6,9,16H2,1H3,(H,17,19). The van der Waals surface area contributed by atoms with Crippen LogP contribution in [0.1, 0.15) is 25.5 Å². The van der Waals surface area contributed by atoms with Gasteiger partial charge in [0.2, 0.25) is 5.91 Å². The Morgan fingerprint density at radius 2 is 2.15 bits per heavy atom. The maximum absolute atomic E-state index is 11.7.